The van der Waals surface area contributed by atoms with Crippen LogP contribution in [0.2, 0.25) is 0 Å². The molecule has 28 heavy (non-hydrogen) atoms. The van der Waals surface area contributed by atoms with Crippen molar-refractivity contribution in [3.63, 3.8) is 0 Å². The van der Waals surface area contributed by atoms with Gasteiger partial charge in [-0.25, -0.2) is 4.39 Å². The Labute approximate surface area is 164 Å². The van der Waals surface area contributed by atoms with Crippen LogP contribution in [-0.2, 0) is 11.3 Å². The minimum atomic E-state index is -1.22. The second kappa shape index (κ2) is 8.97. The summed E-state index contributed by atoms with van der Waals surface area (Å²) in [7, 11) is 0. The highest BCUT2D eigenvalue weighted by atomic mass is 19.1. The van der Waals surface area contributed by atoms with Crippen LogP contribution < -0.4 is 10.4 Å². The number of carboxylic acids is 1. The summed E-state index contributed by atoms with van der Waals surface area (Å²) in [5.41, 5.74) is 1.78. The van der Waals surface area contributed by atoms with Crippen molar-refractivity contribution in [3.05, 3.63) is 71.0 Å². The van der Waals surface area contributed by atoms with Crippen LogP contribution in [0, 0.1) is 5.82 Å². The molecule has 0 aromatic heterocycles. The summed E-state index contributed by atoms with van der Waals surface area (Å²) < 4.78 is 13.5. The van der Waals surface area contributed by atoms with E-state index in [2.05, 4.69) is 10.2 Å². The smallest absolute Gasteiger partial charge is 0.237 e. The highest BCUT2D eigenvalue weighted by molar-refractivity contribution is 5.85. The molecule has 2 aromatic carbocycles. The fourth-order valence-electron chi connectivity index (χ4n) is 3.65. The molecule has 0 aliphatic carbocycles. The maximum absolute atomic E-state index is 13.5. The van der Waals surface area contributed by atoms with Crippen molar-refractivity contribution in [3.8, 4) is 0 Å². The average molecular weight is 383 g/mol. The number of hydrogen-bond acceptors (Lipinski definition) is 4. The first-order chi connectivity index (χ1) is 13.4. The summed E-state index contributed by atoms with van der Waals surface area (Å²) in [6, 6.07) is 12.3. The molecule has 0 spiro atoms. The van der Waals surface area contributed by atoms with E-state index in [4.69, 9.17) is 0 Å². The molecule has 1 heterocycles. The zero-order chi connectivity index (χ0) is 20.1. The molecule has 6 heteroatoms. The largest absolute Gasteiger partial charge is 0.545 e. The second-order valence-corrected chi connectivity index (χ2v) is 7.25. The number of benzene rings is 2. The first-order valence-corrected chi connectivity index (χ1v) is 9.54. The van der Waals surface area contributed by atoms with E-state index in [-0.39, 0.29) is 29.4 Å². The van der Waals surface area contributed by atoms with Crippen LogP contribution in [0.3, 0.4) is 0 Å². The normalized spacial score (nSPS) is 18.4. The molecule has 1 unspecified atom stereocenters. The molecule has 5 nitrogen and oxygen atoms in total. The van der Waals surface area contributed by atoms with Crippen LogP contribution in [0.4, 0.5) is 4.39 Å². The first kappa shape index (κ1) is 20.0. The van der Waals surface area contributed by atoms with Gasteiger partial charge in [0.25, 0.3) is 0 Å². The molecule has 1 aliphatic rings. The molecule has 1 amide bonds. The third kappa shape index (κ3) is 4.95. The Bertz CT molecular complexity index is 838. The number of rotatable bonds is 6. The van der Waals surface area contributed by atoms with E-state index in [1.807, 2.05) is 13.0 Å². The third-order valence-corrected chi connectivity index (χ3v) is 5.20. The quantitative estimate of drug-likeness (QED) is 0.832. The van der Waals surface area contributed by atoms with Crippen LogP contribution in [0.25, 0.3) is 0 Å². The number of piperidine rings is 1. The summed E-state index contributed by atoms with van der Waals surface area (Å²) >= 11 is 0. The molecule has 148 valence electrons. The monoisotopic (exact) mass is 383 g/mol. The predicted molar refractivity (Wildman–Crippen MR) is 102 cm³/mol. The van der Waals surface area contributed by atoms with Crippen molar-refractivity contribution >= 4 is 11.9 Å². The summed E-state index contributed by atoms with van der Waals surface area (Å²) in [5.74, 6) is -1.56. The molecule has 3 rings (SSSR count). The van der Waals surface area contributed by atoms with Gasteiger partial charge in [-0.05, 0) is 55.1 Å². The lowest BCUT2D eigenvalue weighted by Crippen LogP contribution is -2.49. The molecule has 1 N–H and O–H groups in total. The lowest BCUT2D eigenvalue weighted by molar-refractivity contribution is -0.255. The minimum Gasteiger partial charge on any atom is -0.545 e. The first-order valence-electron chi connectivity index (χ1n) is 9.54. The number of carbonyl (C=O) groups excluding carboxylic acids is 2. The van der Waals surface area contributed by atoms with Gasteiger partial charge in [0.2, 0.25) is 5.91 Å². The summed E-state index contributed by atoms with van der Waals surface area (Å²) in [5, 5.41) is 13.9. The van der Waals surface area contributed by atoms with E-state index in [1.54, 1.807) is 18.2 Å². The van der Waals surface area contributed by atoms with Gasteiger partial charge in [0, 0.05) is 6.54 Å². The predicted octanol–water partition coefficient (Wildman–Crippen LogP) is 2.42. The highest BCUT2D eigenvalue weighted by Gasteiger charge is 2.29. The molecule has 1 fully saturated rings. The van der Waals surface area contributed by atoms with Crippen molar-refractivity contribution in [2.24, 2.45) is 0 Å². The minimum absolute atomic E-state index is 0.0624. The van der Waals surface area contributed by atoms with Gasteiger partial charge >= 0.3 is 0 Å². The van der Waals surface area contributed by atoms with E-state index in [0.29, 0.717) is 6.54 Å². The Balaban J connectivity index is 1.65. The zero-order valence-corrected chi connectivity index (χ0v) is 15.9. The van der Waals surface area contributed by atoms with Crippen molar-refractivity contribution in [1.29, 1.82) is 0 Å². The van der Waals surface area contributed by atoms with Crippen LogP contribution >= 0.6 is 0 Å². The van der Waals surface area contributed by atoms with Crippen LogP contribution in [0.1, 0.15) is 53.7 Å². The highest BCUT2D eigenvalue weighted by Crippen LogP contribution is 2.22. The summed E-state index contributed by atoms with van der Waals surface area (Å²) in [6.07, 6.45) is 2.75. The van der Waals surface area contributed by atoms with Crippen molar-refractivity contribution in [2.75, 3.05) is 6.54 Å². The number of nitrogens with zero attached hydrogens (tertiary/aromatic N) is 1. The van der Waals surface area contributed by atoms with Gasteiger partial charge in [-0.2, -0.15) is 0 Å². The fourth-order valence-corrected chi connectivity index (χ4v) is 3.65. The van der Waals surface area contributed by atoms with E-state index in [0.717, 1.165) is 36.9 Å². The summed E-state index contributed by atoms with van der Waals surface area (Å²) in [6.45, 7) is 3.19. The van der Waals surface area contributed by atoms with Crippen LogP contribution in [0.15, 0.2) is 48.5 Å². The van der Waals surface area contributed by atoms with Gasteiger partial charge in [-0.3, -0.25) is 9.69 Å². The maximum Gasteiger partial charge on any atom is 0.237 e. The zero-order valence-electron chi connectivity index (χ0n) is 15.9. The summed E-state index contributed by atoms with van der Waals surface area (Å²) in [4.78, 5) is 25.9. The molecule has 0 saturated carbocycles. The Hall–Kier alpha value is -2.73. The van der Waals surface area contributed by atoms with Crippen molar-refractivity contribution < 1.29 is 19.1 Å². The van der Waals surface area contributed by atoms with Crippen LogP contribution in [0.5, 0.6) is 0 Å². The fraction of sp³-hybridized carbons (Fsp3) is 0.364. The topological polar surface area (TPSA) is 72.5 Å². The second-order valence-electron chi connectivity index (χ2n) is 7.25. The lowest BCUT2D eigenvalue weighted by atomic mass is 9.99. The van der Waals surface area contributed by atoms with E-state index < -0.39 is 5.97 Å². The number of aromatic carboxylic acids is 1. The Morgan fingerprint density at radius 3 is 2.64 bits per heavy atom. The Morgan fingerprint density at radius 1 is 1.21 bits per heavy atom. The average Bonchev–Trinajstić information content (AvgIpc) is 2.68. The standard InChI is InChI=1S/C22H25FN2O3/c1-15(17-8-10-18(11-9-17)22(27)28)24-21(26)20-7-2-3-12-25(20)14-16-5-4-6-19(23)13-16/h4-6,8-11,13,15,20H,2-3,7,12,14H2,1H3,(H,24,26)(H,27,28)/p-1/t15-,20?/m0/s1. The molecular formula is C22H24FN2O3-. The SMILES string of the molecule is C[C@H](NC(=O)C1CCCCN1Cc1cccc(F)c1)c1ccc(C(=O)[O-])cc1. The molecule has 2 aromatic rings. The molecule has 0 radical (unpaired) electrons. The third-order valence-electron chi connectivity index (χ3n) is 5.20. The van der Waals surface area contributed by atoms with Gasteiger partial charge in [-0.1, -0.05) is 42.8 Å². The van der Waals surface area contributed by atoms with Gasteiger partial charge < -0.3 is 15.2 Å². The number of carboxylic acid groups (broad SMARTS) is 1. The van der Waals surface area contributed by atoms with Gasteiger partial charge in [-0.15, -0.1) is 0 Å². The van der Waals surface area contributed by atoms with Gasteiger partial charge in [0.05, 0.1) is 18.1 Å². The number of nitrogens with one attached hydrogen (secondary N) is 1. The van der Waals surface area contributed by atoms with Crippen molar-refractivity contribution in [2.45, 2.75) is 44.8 Å². The number of carbonyl (C=O) groups is 2. The van der Waals surface area contributed by atoms with Gasteiger partial charge in [0.15, 0.2) is 0 Å². The van der Waals surface area contributed by atoms with Crippen molar-refractivity contribution in [1.82, 2.24) is 10.2 Å². The Morgan fingerprint density at radius 2 is 1.96 bits per heavy atom. The lowest BCUT2D eigenvalue weighted by Gasteiger charge is -2.35. The number of likely N-dealkylation sites (tertiary alicyclic amines) is 1. The molecule has 0 bridgehead atoms. The van der Waals surface area contributed by atoms with Gasteiger partial charge in [0.1, 0.15) is 5.82 Å². The number of halogens is 1. The molecule has 1 saturated heterocycles. The number of hydrogen-bond donors (Lipinski definition) is 1. The van der Waals surface area contributed by atoms with Crippen LogP contribution in [-0.4, -0.2) is 29.4 Å². The number of amides is 1. The molecule has 1 aliphatic heterocycles. The Kier molecular flexibility index (Phi) is 6.41. The molecule has 2 atom stereocenters. The molecular weight excluding hydrogens is 359 g/mol. The maximum atomic E-state index is 13.5. The van der Waals surface area contributed by atoms with E-state index in [1.165, 1.54) is 24.3 Å². The van der Waals surface area contributed by atoms with E-state index >= 15 is 0 Å². The van der Waals surface area contributed by atoms with E-state index in [9.17, 15) is 19.1 Å².